The molecule has 0 aliphatic carbocycles. The highest BCUT2D eigenvalue weighted by Crippen LogP contribution is 2.31. The molecule has 2 aromatic heterocycles. The third-order valence-corrected chi connectivity index (χ3v) is 6.94. The van der Waals surface area contributed by atoms with Crippen LogP contribution in [0, 0.1) is 0 Å². The van der Waals surface area contributed by atoms with Gasteiger partial charge in [-0.1, -0.05) is 36.4 Å². The summed E-state index contributed by atoms with van der Waals surface area (Å²) in [5.74, 6) is 0.0753. The number of hydrogen-bond acceptors (Lipinski definition) is 5. The van der Waals surface area contributed by atoms with Crippen molar-refractivity contribution in [2.45, 2.75) is 44.2 Å². The Hall–Kier alpha value is -2.51. The van der Waals surface area contributed by atoms with Crippen molar-refractivity contribution in [2.75, 3.05) is 0 Å². The van der Waals surface area contributed by atoms with Crippen LogP contribution < -0.4 is 10.6 Å². The van der Waals surface area contributed by atoms with Gasteiger partial charge in [-0.2, -0.15) is 0 Å². The molecule has 1 atom stereocenters. The van der Waals surface area contributed by atoms with Gasteiger partial charge in [0, 0.05) is 40.6 Å². The highest BCUT2D eigenvalue weighted by Gasteiger charge is 2.38. The standard InChI is InChI=1S/C22H23N3O2S2/c26-19(23-14-21-24-18(15-29-21)16-5-2-1-3-6-16)8-10-22(11-9-20(27)25-22)13-17-7-4-12-28-17/h1-7,12,15H,8-11,13-14H2,(H,23,26)(H,25,27)/t22-/m0/s1. The van der Waals surface area contributed by atoms with Crippen molar-refractivity contribution in [3.63, 3.8) is 0 Å². The van der Waals surface area contributed by atoms with Crippen molar-refractivity contribution in [1.29, 1.82) is 0 Å². The van der Waals surface area contributed by atoms with Crippen LogP contribution in [0.3, 0.4) is 0 Å². The van der Waals surface area contributed by atoms with E-state index in [-0.39, 0.29) is 17.4 Å². The van der Waals surface area contributed by atoms with E-state index in [0.717, 1.165) is 29.1 Å². The summed E-state index contributed by atoms with van der Waals surface area (Å²) in [7, 11) is 0. The molecule has 0 unspecified atom stereocenters. The van der Waals surface area contributed by atoms with Gasteiger partial charge >= 0.3 is 0 Å². The molecule has 1 aliphatic heterocycles. The molecule has 3 heterocycles. The third kappa shape index (κ3) is 5.10. The zero-order chi connectivity index (χ0) is 20.1. The first-order valence-corrected chi connectivity index (χ1v) is 11.5. The highest BCUT2D eigenvalue weighted by atomic mass is 32.1. The molecular weight excluding hydrogens is 402 g/mol. The van der Waals surface area contributed by atoms with Crippen molar-refractivity contribution < 1.29 is 9.59 Å². The summed E-state index contributed by atoms with van der Waals surface area (Å²) in [6.45, 7) is 0.431. The smallest absolute Gasteiger partial charge is 0.220 e. The van der Waals surface area contributed by atoms with Gasteiger partial charge in [0.2, 0.25) is 11.8 Å². The predicted octanol–water partition coefficient (Wildman–Crippen LogP) is 4.16. The second-order valence-electron chi connectivity index (χ2n) is 7.35. The minimum atomic E-state index is -0.305. The van der Waals surface area contributed by atoms with E-state index in [4.69, 9.17) is 0 Å². The number of thiophene rings is 1. The van der Waals surface area contributed by atoms with Crippen molar-refractivity contribution in [2.24, 2.45) is 0 Å². The zero-order valence-corrected chi connectivity index (χ0v) is 17.7. The molecule has 5 nitrogen and oxygen atoms in total. The van der Waals surface area contributed by atoms with E-state index in [1.165, 1.54) is 4.88 Å². The van der Waals surface area contributed by atoms with Crippen LogP contribution in [0.2, 0.25) is 0 Å². The quantitative estimate of drug-likeness (QED) is 0.569. The average molecular weight is 426 g/mol. The fraction of sp³-hybridized carbons (Fsp3) is 0.318. The van der Waals surface area contributed by atoms with Crippen LogP contribution in [0.1, 0.15) is 35.6 Å². The molecule has 1 fully saturated rings. The van der Waals surface area contributed by atoms with Gasteiger partial charge in [0.05, 0.1) is 12.2 Å². The number of carbonyl (C=O) groups excluding carboxylic acids is 2. The minimum Gasteiger partial charge on any atom is -0.350 e. The molecule has 0 bridgehead atoms. The molecule has 1 saturated heterocycles. The number of hydrogen-bond donors (Lipinski definition) is 2. The number of amides is 2. The molecule has 0 radical (unpaired) electrons. The maximum atomic E-state index is 12.4. The monoisotopic (exact) mass is 425 g/mol. The van der Waals surface area contributed by atoms with Gasteiger partial charge in [-0.25, -0.2) is 4.98 Å². The van der Waals surface area contributed by atoms with Crippen molar-refractivity contribution in [3.05, 3.63) is 63.1 Å². The Morgan fingerprint density at radius 2 is 2.03 bits per heavy atom. The average Bonchev–Trinajstić information content (AvgIpc) is 3.48. The van der Waals surface area contributed by atoms with Gasteiger partial charge in [0.25, 0.3) is 0 Å². The van der Waals surface area contributed by atoms with Crippen molar-refractivity contribution >= 4 is 34.5 Å². The molecule has 7 heteroatoms. The molecule has 2 amide bonds. The Balaban J connectivity index is 1.30. The number of rotatable bonds is 8. The zero-order valence-electron chi connectivity index (χ0n) is 16.0. The van der Waals surface area contributed by atoms with Gasteiger partial charge in [0.1, 0.15) is 5.01 Å². The van der Waals surface area contributed by atoms with E-state index in [0.29, 0.717) is 25.8 Å². The lowest BCUT2D eigenvalue weighted by Gasteiger charge is -2.28. The number of benzene rings is 1. The van der Waals surface area contributed by atoms with Crippen LogP contribution in [-0.4, -0.2) is 22.3 Å². The minimum absolute atomic E-state index is 0.00633. The maximum absolute atomic E-state index is 12.4. The summed E-state index contributed by atoms with van der Waals surface area (Å²) in [5.41, 5.74) is 1.71. The Morgan fingerprint density at radius 3 is 2.76 bits per heavy atom. The van der Waals surface area contributed by atoms with Crippen molar-refractivity contribution in [3.8, 4) is 11.3 Å². The Labute approximate surface area is 178 Å². The number of thiazole rings is 1. The SMILES string of the molecule is O=C(CC[C@@]1(Cc2cccs2)CCC(=O)N1)NCc1nc(-c2ccccc2)cs1. The lowest BCUT2D eigenvalue weighted by Crippen LogP contribution is -2.44. The summed E-state index contributed by atoms with van der Waals surface area (Å²) < 4.78 is 0. The predicted molar refractivity (Wildman–Crippen MR) is 117 cm³/mol. The maximum Gasteiger partial charge on any atom is 0.220 e. The van der Waals surface area contributed by atoms with E-state index in [2.05, 4.69) is 21.7 Å². The molecule has 29 heavy (non-hydrogen) atoms. The second-order valence-corrected chi connectivity index (χ2v) is 9.33. The fourth-order valence-electron chi connectivity index (χ4n) is 3.68. The molecule has 2 N–H and O–H groups in total. The normalized spacial score (nSPS) is 18.6. The van der Waals surface area contributed by atoms with Crippen LogP contribution in [-0.2, 0) is 22.6 Å². The molecule has 3 aromatic rings. The van der Waals surface area contributed by atoms with Crippen molar-refractivity contribution in [1.82, 2.24) is 15.6 Å². The summed E-state index contributed by atoms with van der Waals surface area (Å²) >= 11 is 3.24. The Kier molecular flexibility index (Phi) is 6.06. The first kappa shape index (κ1) is 19.8. The van der Waals surface area contributed by atoms with Gasteiger partial charge in [0.15, 0.2) is 0 Å². The molecule has 1 aromatic carbocycles. The van der Waals surface area contributed by atoms with Crippen LogP contribution in [0.5, 0.6) is 0 Å². The van der Waals surface area contributed by atoms with E-state index < -0.39 is 0 Å². The topological polar surface area (TPSA) is 71.1 Å². The van der Waals surface area contributed by atoms with E-state index in [1.54, 1.807) is 22.7 Å². The van der Waals surface area contributed by atoms with E-state index >= 15 is 0 Å². The molecule has 1 aliphatic rings. The highest BCUT2D eigenvalue weighted by molar-refractivity contribution is 7.10. The number of nitrogens with one attached hydrogen (secondary N) is 2. The summed E-state index contributed by atoms with van der Waals surface area (Å²) in [4.78, 5) is 30.1. The lowest BCUT2D eigenvalue weighted by atomic mass is 9.87. The summed E-state index contributed by atoms with van der Waals surface area (Å²) in [5, 5.41) is 11.1. The molecule has 0 spiro atoms. The van der Waals surface area contributed by atoms with Gasteiger partial charge < -0.3 is 10.6 Å². The number of aromatic nitrogens is 1. The van der Waals surface area contributed by atoms with Gasteiger partial charge in [-0.15, -0.1) is 22.7 Å². The molecule has 4 rings (SSSR count). The Bertz CT molecular complexity index is 969. The van der Waals surface area contributed by atoms with E-state index in [1.807, 2.05) is 47.2 Å². The first-order chi connectivity index (χ1) is 14.1. The van der Waals surface area contributed by atoms with Crippen LogP contribution in [0.15, 0.2) is 53.2 Å². The van der Waals surface area contributed by atoms with Crippen LogP contribution in [0.25, 0.3) is 11.3 Å². The van der Waals surface area contributed by atoms with Gasteiger partial charge in [-0.3, -0.25) is 9.59 Å². The molecular formula is C22H23N3O2S2. The number of nitrogens with zero attached hydrogens (tertiary/aromatic N) is 1. The molecule has 0 saturated carbocycles. The fourth-order valence-corrected chi connectivity index (χ4v) is 5.27. The lowest BCUT2D eigenvalue weighted by molar-refractivity contribution is -0.122. The summed E-state index contributed by atoms with van der Waals surface area (Å²) in [6.07, 6.45) is 3.15. The van der Waals surface area contributed by atoms with Crippen LogP contribution in [0.4, 0.5) is 0 Å². The molecule has 150 valence electrons. The third-order valence-electron chi connectivity index (χ3n) is 5.22. The largest absolute Gasteiger partial charge is 0.350 e. The number of carbonyl (C=O) groups is 2. The Morgan fingerprint density at radius 1 is 1.17 bits per heavy atom. The van der Waals surface area contributed by atoms with Crippen LogP contribution >= 0.6 is 22.7 Å². The summed E-state index contributed by atoms with van der Waals surface area (Å²) in [6, 6.07) is 14.1. The van der Waals surface area contributed by atoms with E-state index in [9.17, 15) is 9.59 Å². The second kappa shape index (κ2) is 8.88. The first-order valence-electron chi connectivity index (χ1n) is 9.72. The van der Waals surface area contributed by atoms with Gasteiger partial charge in [-0.05, 0) is 24.3 Å².